The van der Waals surface area contributed by atoms with E-state index in [0.717, 1.165) is 10.6 Å². The van der Waals surface area contributed by atoms with Crippen molar-refractivity contribution in [1.82, 2.24) is 14.6 Å². The van der Waals surface area contributed by atoms with Crippen molar-refractivity contribution in [2.75, 3.05) is 12.4 Å². The molecule has 10 heteroatoms. The van der Waals surface area contributed by atoms with Crippen molar-refractivity contribution in [3.63, 3.8) is 0 Å². The van der Waals surface area contributed by atoms with Gasteiger partial charge in [0, 0.05) is 37.0 Å². The molecule has 0 aromatic carbocycles. The fourth-order valence-electron chi connectivity index (χ4n) is 2.50. The molecule has 0 amide bonds. The third kappa shape index (κ3) is 3.34. The molecule has 0 saturated carbocycles. The normalized spacial score (nSPS) is 11.8. The standard InChI is InChI=1S/C16H11Cl2F3N4O/c1-22-15-3-2-8(12-5-14(16(19,20)21)24-25(12)15)13(26)4-9-10(17)6-23-7-11(9)18/h2-3,5-7,22H,4H2,1H3. The number of carbonyl (C=O) groups is 1. The molecule has 3 aromatic rings. The molecule has 0 aliphatic carbocycles. The van der Waals surface area contributed by atoms with E-state index in [2.05, 4.69) is 15.4 Å². The van der Waals surface area contributed by atoms with Gasteiger partial charge in [-0.05, 0) is 18.2 Å². The van der Waals surface area contributed by atoms with Crippen LogP contribution in [0.25, 0.3) is 5.52 Å². The smallest absolute Gasteiger partial charge is 0.373 e. The number of fused-ring (bicyclic) bond motifs is 1. The van der Waals surface area contributed by atoms with Gasteiger partial charge in [-0.1, -0.05) is 23.2 Å². The Kier molecular flexibility index (Phi) is 4.81. The van der Waals surface area contributed by atoms with Crippen molar-refractivity contribution >= 4 is 40.3 Å². The van der Waals surface area contributed by atoms with E-state index in [1.807, 2.05) is 0 Å². The number of hydrogen-bond donors (Lipinski definition) is 1. The molecule has 3 aromatic heterocycles. The SMILES string of the molecule is CNc1ccc(C(=O)Cc2c(Cl)cncc2Cl)c2cc(C(F)(F)F)nn12. The minimum absolute atomic E-state index is 0.0375. The number of nitrogens with one attached hydrogen (secondary N) is 1. The van der Waals surface area contributed by atoms with E-state index < -0.39 is 17.7 Å². The quantitative estimate of drug-likeness (QED) is 0.651. The van der Waals surface area contributed by atoms with E-state index in [9.17, 15) is 18.0 Å². The maximum atomic E-state index is 13.0. The lowest BCUT2D eigenvalue weighted by molar-refractivity contribution is -0.141. The lowest BCUT2D eigenvalue weighted by Crippen LogP contribution is -2.09. The van der Waals surface area contributed by atoms with Gasteiger partial charge in [0.25, 0.3) is 0 Å². The highest BCUT2D eigenvalue weighted by Gasteiger charge is 2.35. The zero-order chi connectivity index (χ0) is 19.1. The maximum Gasteiger partial charge on any atom is 0.435 e. The molecule has 3 rings (SSSR count). The zero-order valence-electron chi connectivity index (χ0n) is 13.2. The highest BCUT2D eigenvalue weighted by atomic mass is 35.5. The van der Waals surface area contributed by atoms with Crippen LogP contribution < -0.4 is 5.32 Å². The van der Waals surface area contributed by atoms with Crippen LogP contribution in [0.3, 0.4) is 0 Å². The summed E-state index contributed by atoms with van der Waals surface area (Å²) in [6.07, 6.45) is -2.12. The summed E-state index contributed by atoms with van der Waals surface area (Å²) in [4.78, 5) is 16.5. The Bertz CT molecular complexity index is 981. The van der Waals surface area contributed by atoms with Crippen LogP contribution in [0, 0.1) is 0 Å². The van der Waals surface area contributed by atoms with Crippen molar-refractivity contribution in [3.8, 4) is 0 Å². The first kappa shape index (κ1) is 18.5. The second-order valence-corrected chi connectivity index (χ2v) is 6.20. The first-order valence-electron chi connectivity index (χ1n) is 7.31. The molecule has 0 spiro atoms. The van der Waals surface area contributed by atoms with Crippen molar-refractivity contribution in [2.24, 2.45) is 0 Å². The lowest BCUT2D eigenvalue weighted by atomic mass is 10.0. The van der Waals surface area contributed by atoms with E-state index >= 15 is 0 Å². The Balaban J connectivity index is 2.10. The van der Waals surface area contributed by atoms with E-state index in [-0.39, 0.29) is 27.5 Å². The zero-order valence-corrected chi connectivity index (χ0v) is 14.7. The van der Waals surface area contributed by atoms with Crippen molar-refractivity contribution in [3.05, 3.63) is 57.5 Å². The summed E-state index contributed by atoms with van der Waals surface area (Å²) in [5.74, 6) is -0.131. The molecule has 0 bridgehead atoms. The van der Waals surface area contributed by atoms with Crippen molar-refractivity contribution in [1.29, 1.82) is 0 Å². The topological polar surface area (TPSA) is 59.3 Å². The summed E-state index contributed by atoms with van der Waals surface area (Å²) in [7, 11) is 1.54. The third-order valence-electron chi connectivity index (χ3n) is 3.76. The van der Waals surface area contributed by atoms with Crippen LogP contribution in [-0.2, 0) is 12.6 Å². The first-order chi connectivity index (χ1) is 12.2. The molecular weight excluding hydrogens is 392 g/mol. The summed E-state index contributed by atoms with van der Waals surface area (Å²) < 4.78 is 40.1. The number of anilines is 1. The molecule has 0 unspecified atom stereocenters. The van der Waals surface area contributed by atoms with Gasteiger partial charge in [-0.2, -0.15) is 18.3 Å². The number of nitrogens with zero attached hydrogens (tertiary/aromatic N) is 3. The fourth-order valence-corrected chi connectivity index (χ4v) is 3.00. The molecule has 1 N–H and O–H groups in total. The van der Waals surface area contributed by atoms with Gasteiger partial charge >= 0.3 is 6.18 Å². The van der Waals surface area contributed by atoms with Crippen LogP contribution in [0.5, 0.6) is 0 Å². The average molecular weight is 403 g/mol. The maximum absolute atomic E-state index is 13.0. The van der Waals surface area contributed by atoms with Gasteiger partial charge in [-0.25, -0.2) is 4.52 Å². The Morgan fingerprint density at radius 1 is 1.23 bits per heavy atom. The molecule has 0 aliphatic rings. The van der Waals surface area contributed by atoms with E-state index in [4.69, 9.17) is 23.2 Å². The molecular formula is C16H11Cl2F3N4O. The first-order valence-corrected chi connectivity index (χ1v) is 8.06. The van der Waals surface area contributed by atoms with Gasteiger partial charge in [0.1, 0.15) is 5.82 Å². The Labute approximate surface area is 155 Å². The number of carbonyl (C=O) groups excluding carboxylic acids is 1. The van der Waals surface area contributed by atoms with Crippen LogP contribution in [0.4, 0.5) is 19.0 Å². The average Bonchev–Trinajstić information content (AvgIpc) is 3.03. The lowest BCUT2D eigenvalue weighted by Gasteiger charge is -2.09. The van der Waals surface area contributed by atoms with Crippen LogP contribution in [-0.4, -0.2) is 27.4 Å². The third-order valence-corrected chi connectivity index (χ3v) is 4.41. The minimum Gasteiger partial charge on any atom is -0.373 e. The van der Waals surface area contributed by atoms with Gasteiger partial charge in [-0.3, -0.25) is 9.78 Å². The predicted octanol–water partition coefficient (Wildman–Crippen LogP) is 4.52. The number of rotatable bonds is 4. The second-order valence-electron chi connectivity index (χ2n) is 5.39. The van der Waals surface area contributed by atoms with E-state index in [0.29, 0.717) is 11.4 Å². The fraction of sp³-hybridized carbons (Fsp3) is 0.188. The number of halogens is 5. The monoisotopic (exact) mass is 402 g/mol. The molecule has 0 aliphatic heterocycles. The number of alkyl halides is 3. The predicted molar refractivity (Wildman–Crippen MR) is 92.0 cm³/mol. The van der Waals surface area contributed by atoms with Crippen LogP contribution in [0.15, 0.2) is 30.6 Å². The highest BCUT2D eigenvalue weighted by molar-refractivity contribution is 6.36. The van der Waals surface area contributed by atoms with Gasteiger partial charge in [0.15, 0.2) is 11.5 Å². The number of aromatic nitrogens is 3. The molecule has 136 valence electrons. The molecule has 5 nitrogen and oxygen atoms in total. The van der Waals surface area contributed by atoms with Crippen molar-refractivity contribution < 1.29 is 18.0 Å². The Morgan fingerprint density at radius 2 is 1.88 bits per heavy atom. The van der Waals surface area contributed by atoms with Gasteiger partial charge in [0.05, 0.1) is 15.6 Å². The highest BCUT2D eigenvalue weighted by Crippen LogP contribution is 2.31. The van der Waals surface area contributed by atoms with Gasteiger partial charge in [-0.15, -0.1) is 0 Å². The molecule has 0 radical (unpaired) electrons. The molecule has 0 saturated heterocycles. The molecule has 0 fully saturated rings. The van der Waals surface area contributed by atoms with Gasteiger partial charge in [0.2, 0.25) is 0 Å². The summed E-state index contributed by atoms with van der Waals surface area (Å²) in [6.45, 7) is 0. The molecule has 26 heavy (non-hydrogen) atoms. The number of ketones is 1. The van der Waals surface area contributed by atoms with Crippen LogP contribution in [0.1, 0.15) is 21.6 Å². The largest absolute Gasteiger partial charge is 0.435 e. The molecule has 0 atom stereocenters. The van der Waals surface area contributed by atoms with Crippen LogP contribution in [0.2, 0.25) is 10.0 Å². The number of pyridine rings is 2. The summed E-state index contributed by atoms with van der Waals surface area (Å²) in [6, 6.07) is 3.75. The Morgan fingerprint density at radius 3 is 2.46 bits per heavy atom. The molecule has 3 heterocycles. The summed E-state index contributed by atoms with van der Waals surface area (Å²) >= 11 is 12.0. The minimum atomic E-state index is -4.63. The van der Waals surface area contributed by atoms with Crippen molar-refractivity contribution in [2.45, 2.75) is 12.6 Å². The Hall–Kier alpha value is -2.32. The van der Waals surface area contributed by atoms with E-state index in [1.165, 1.54) is 24.5 Å². The van der Waals surface area contributed by atoms with E-state index in [1.54, 1.807) is 7.05 Å². The second kappa shape index (κ2) is 6.77. The summed E-state index contributed by atoms with van der Waals surface area (Å²) in [5, 5.41) is 6.71. The number of Topliss-reactive ketones (excluding diaryl/α,β-unsaturated/α-hetero) is 1. The number of hydrogen-bond acceptors (Lipinski definition) is 4. The van der Waals surface area contributed by atoms with Gasteiger partial charge < -0.3 is 5.32 Å². The van der Waals surface area contributed by atoms with Crippen LogP contribution >= 0.6 is 23.2 Å². The summed E-state index contributed by atoms with van der Waals surface area (Å²) in [5.41, 5.74) is -0.611.